The van der Waals surface area contributed by atoms with E-state index >= 15 is 0 Å². The minimum absolute atomic E-state index is 0.0220. The van der Waals surface area contributed by atoms with Crippen LogP contribution in [0.2, 0.25) is 0 Å². The van der Waals surface area contributed by atoms with E-state index in [1.807, 2.05) is 0 Å². The number of nitrogens with zero attached hydrogens (tertiary/aromatic N) is 2. The maximum atomic E-state index is 13.4. The van der Waals surface area contributed by atoms with Crippen molar-refractivity contribution in [2.75, 3.05) is 46.5 Å². The van der Waals surface area contributed by atoms with Crippen molar-refractivity contribution in [3.63, 3.8) is 0 Å². The average molecular weight is 382 g/mol. The lowest BCUT2D eigenvalue weighted by Crippen LogP contribution is -2.53. The van der Waals surface area contributed by atoms with Crippen LogP contribution >= 0.6 is 0 Å². The highest BCUT2D eigenvalue weighted by atomic mass is 19.1. The van der Waals surface area contributed by atoms with Gasteiger partial charge in [-0.1, -0.05) is 19.9 Å². The molecule has 2 rings (SSSR count). The number of ether oxygens (including phenoxy) is 2. The summed E-state index contributed by atoms with van der Waals surface area (Å²) in [5.74, 6) is -0.194. The zero-order chi connectivity index (χ0) is 19.9. The van der Waals surface area contributed by atoms with Crippen molar-refractivity contribution in [2.24, 2.45) is 0 Å². The maximum Gasteiger partial charge on any atom is 0.248 e. The first kappa shape index (κ1) is 21.6. The Morgan fingerprint density at radius 2 is 2.04 bits per heavy atom. The molecule has 0 bridgehead atoms. The number of β-amino-alcohol motifs (C(OH)–C–C–N with tert-alkyl or cyclic N) is 1. The molecule has 0 aromatic heterocycles. The monoisotopic (exact) mass is 382 g/mol. The fourth-order valence-electron chi connectivity index (χ4n) is 3.60. The van der Waals surface area contributed by atoms with E-state index in [9.17, 15) is 14.3 Å². The van der Waals surface area contributed by atoms with Crippen molar-refractivity contribution in [3.05, 3.63) is 30.1 Å². The molecule has 1 aliphatic rings. The molecule has 1 aromatic carbocycles. The van der Waals surface area contributed by atoms with E-state index in [1.165, 1.54) is 19.2 Å². The average Bonchev–Trinajstić information content (AvgIpc) is 2.81. The Labute approximate surface area is 160 Å². The minimum Gasteiger partial charge on any atom is -0.490 e. The van der Waals surface area contributed by atoms with E-state index < -0.39 is 11.4 Å². The zero-order valence-electron chi connectivity index (χ0n) is 16.5. The van der Waals surface area contributed by atoms with Gasteiger partial charge in [0.05, 0.1) is 6.54 Å². The van der Waals surface area contributed by atoms with Crippen molar-refractivity contribution in [3.8, 4) is 5.75 Å². The van der Waals surface area contributed by atoms with Gasteiger partial charge >= 0.3 is 0 Å². The standard InChI is InChI=1S/C20H31FN2O4/c1-4-17(5-2)22-9-10-23(19(24)12-26-3)14-20(25,13-22)15-27-18-8-6-7-16(21)11-18/h6-8,11,17,25H,4-5,9-10,12-15H2,1-3H3. The van der Waals surface area contributed by atoms with Crippen LogP contribution in [0.1, 0.15) is 26.7 Å². The molecule has 1 saturated heterocycles. The summed E-state index contributed by atoms with van der Waals surface area (Å²) in [6.07, 6.45) is 1.92. The minimum atomic E-state index is -1.26. The fraction of sp³-hybridized carbons (Fsp3) is 0.650. The molecule has 1 unspecified atom stereocenters. The van der Waals surface area contributed by atoms with Gasteiger partial charge in [0.25, 0.3) is 0 Å². The van der Waals surface area contributed by atoms with Crippen LogP contribution < -0.4 is 4.74 Å². The molecule has 0 aliphatic carbocycles. The van der Waals surface area contributed by atoms with Crippen LogP contribution in [0, 0.1) is 5.82 Å². The van der Waals surface area contributed by atoms with Gasteiger partial charge in [0.15, 0.2) is 0 Å². The fourth-order valence-corrected chi connectivity index (χ4v) is 3.60. The van der Waals surface area contributed by atoms with Gasteiger partial charge in [0.1, 0.15) is 30.4 Å². The molecule has 6 nitrogen and oxygen atoms in total. The van der Waals surface area contributed by atoms with E-state index in [0.717, 1.165) is 12.8 Å². The summed E-state index contributed by atoms with van der Waals surface area (Å²) in [7, 11) is 1.48. The topological polar surface area (TPSA) is 62.2 Å². The lowest BCUT2D eigenvalue weighted by atomic mass is 10.0. The third-order valence-electron chi connectivity index (χ3n) is 5.02. The van der Waals surface area contributed by atoms with Crippen LogP contribution in [0.15, 0.2) is 24.3 Å². The molecule has 152 valence electrons. The smallest absolute Gasteiger partial charge is 0.248 e. The summed E-state index contributed by atoms with van der Waals surface area (Å²) in [5.41, 5.74) is -1.26. The number of carbonyl (C=O) groups is 1. The van der Waals surface area contributed by atoms with Crippen molar-refractivity contribution < 1.29 is 23.8 Å². The van der Waals surface area contributed by atoms with Crippen LogP contribution in [-0.4, -0.2) is 79.0 Å². The van der Waals surface area contributed by atoms with Crippen LogP contribution in [0.3, 0.4) is 0 Å². The van der Waals surface area contributed by atoms with Gasteiger partial charge in [-0.2, -0.15) is 0 Å². The molecule has 1 atom stereocenters. The van der Waals surface area contributed by atoms with E-state index in [1.54, 1.807) is 17.0 Å². The van der Waals surface area contributed by atoms with Crippen LogP contribution in [0.4, 0.5) is 4.39 Å². The van der Waals surface area contributed by atoms with Gasteiger partial charge in [-0.05, 0) is 25.0 Å². The number of amides is 1. The van der Waals surface area contributed by atoms with Crippen LogP contribution in [0.5, 0.6) is 5.75 Å². The third-order valence-corrected chi connectivity index (χ3v) is 5.02. The first-order chi connectivity index (χ1) is 12.9. The van der Waals surface area contributed by atoms with E-state index in [-0.39, 0.29) is 25.7 Å². The Balaban J connectivity index is 2.16. The largest absolute Gasteiger partial charge is 0.490 e. The van der Waals surface area contributed by atoms with Crippen LogP contribution in [0.25, 0.3) is 0 Å². The normalized spacial score (nSPS) is 21.3. The molecule has 7 heteroatoms. The molecule has 1 aliphatic heterocycles. The van der Waals surface area contributed by atoms with E-state index in [0.29, 0.717) is 31.4 Å². The summed E-state index contributed by atoms with van der Waals surface area (Å²) in [4.78, 5) is 16.2. The molecular weight excluding hydrogens is 351 g/mol. The van der Waals surface area contributed by atoms with Gasteiger partial charge in [0.2, 0.25) is 5.91 Å². The number of benzene rings is 1. The van der Waals surface area contributed by atoms with E-state index in [2.05, 4.69) is 18.7 Å². The molecule has 0 radical (unpaired) electrons. The number of halogens is 1. The summed E-state index contributed by atoms with van der Waals surface area (Å²) < 4.78 is 24.0. The number of carbonyl (C=O) groups excluding carboxylic acids is 1. The van der Waals surface area contributed by atoms with E-state index in [4.69, 9.17) is 9.47 Å². The van der Waals surface area contributed by atoms with Gasteiger partial charge < -0.3 is 19.5 Å². The van der Waals surface area contributed by atoms with Gasteiger partial charge in [0, 0.05) is 38.9 Å². The summed E-state index contributed by atoms with van der Waals surface area (Å²) >= 11 is 0. The van der Waals surface area contributed by atoms with Gasteiger partial charge in [-0.15, -0.1) is 0 Å². The molecule has 27 heavy (non-hydrogen) atoms. The predicted molar refractivity (Wildman–Crippen MR) is 101 cm³/mol. The van der Waals surface area contributed by atoms with Crippen LogP contribution in [-0.2, 0) is 9.53 Å². The number of rotatable bonds is 8. The van der Waals surface area contributed by atoms with Crippen molar-refractivity contribution in [1.29, 1.82) is 0 Å². The third kappa shape index (κ3) is 6.16. The zero-order valence-corrected chi connectivity index (χ0v) is 16.5. The quantitative estimate of drug-likeness (QED) is 0.744. The first-order valence-electron chi connectivity index (χ1n) is 9.52. The Bertz CT molecular complexity index is 611. The molecule has 1 heterocycles. The molecule has 1 N–H and O–H groups in total. The summed E-state index contributed by atoms with van der Waals surface area (Å²) in [6, 6.07) is 6.16. The second-order valence-corrected chi connectivity index (χ2v) is 7.16. The highest BCUT2D eigenvalue weighted by Gasteiger charge is 2.38. The van der Waals surface area contributed by atoms with Crippen molar-refractivity contribution in [2.45, 2.75) is 38.3 Å². The molecule has 1 amide bonds. The highest BCUT2D eigenvalue weighted by molar-refractivity contribution is 5.77. The predicted octanol–water partition coefficient (Wildman–Crippen LogP) is 1.91. The first-order valence-corrected chi connectivity index (χ1v) is 9.52. The van der Waals surface area contributed by atoms with Gasteiger partial charge in [-0.3, -0.25) is 9.69 Å². The Kier molecular flexibility index (Phi) is 8.01. The Hall–Kier alpha value is -1.70. The lowest BCUT2D eigenvalue weighted by Gasteiger charge is -2.35. The summed E-state index contributed by atoms with van der Waals surface area (Å²) in [5, 5.41) is 11.3. The Morgan fingerprint density at radius 1 is 1.30 bits per heavy atom. The SMILES string of the molecule is CCC(CC)N1CCN(C(=O)COC)CC(O)(COc2cccc(F)c2)C1. The second-order valence-electron chi connectivity index (χ2n) is 7.16. The van der Waals surface area contributed by atoms with Crippen molar-refractivity contribution in [1.82, 2.24) is 9.80 Å². The number of hydrogen-bond acceptors (Lipinski definition) is 5. The molecule has 1 fully saturated rings. The highest BCUT2D eigenvalue weighted by Crippen LogP contribution is 2.22. The number of methoxy groups -OCH3 is 1. The molecule has 1 aromatic rings. The maximum absolute atomic E-state index is 13.4. The summed E-state index contributed by atoms with van der Waals surface area (Å²) in [6.45, 7) is 5.96. The molecule has 0 spiro atoms. The molecule has 0 saturated carbocycles. The second kappa shape index (κ2) is 10.0. The molecular formula is C20H31FN2O4. The number of aliphatic hydroxyl groups is 1. The van der Waals surface area contributed by atoms with Crippen molar-refractivity contribution >= 4 is 5.91 Å². The lowest BCUT2D eigenvalue weighted by molar-refractivity contribution is -0.138. The van der Waals surface area contributed by atoms with Gasteiger partial charge in [-0.25, -0.2) is 4.39 Å². The Morgan fingerprint density at radius 3 is 2.67 bits per heavy atom. The number of hydrogen-bond donors (Lipinski definition) is 1.